The van der Waals surface area contributed by atoms with Crippen molar-refractivity contribution in [2.75, 3.05) is 6.54 Å². The lowest BCUT2D eigenvalue weighted by Gasteiger charge is -2.11. The average molecular weight is 255 g/mol. The Morgan fingerprint density at radius 3 is 2.74 bits per heavy atom. The molecular formula is C16H17NO2. The molecule has 1 N–H and O–H groups in total. The summed E-state index contributed by atoms with van der Waals surface area (Å²) >= 11 is 0. The summed E-state index contributed by atoms with van der Waals surface area (Å²) in [7, 11) is 0. The van der Waals surface area contributed by atoms with E-state index in [9.17, 15) is 4.79 Å². The maximum atomic E-state index is 11.6. The minimum Gasteiger partial charge on any atom is -0.465 e. The van der Waals surface area contributed by atoms with Gasteiger partial charge in [-0.1, -0.05) is 37.3 Å². The molecule has 19 heavy (non-hydrogen) atoms. The highest BCUT2D eigenvalue weighted by molar-refractivity contribution is 5.91. The minimum absolute atomic E-state index is 0.112. The zero-order valence-corrected chi connectivity index (χ0v) is 10.9. The second kappa shape index (κ2) is 6.59. The summed E-state index contributed by atoms with van der Waals surface area (Å²) < 4.78 is 5.11. The second-order valence-corrected chi connectivity index (χ2v) is 4.41. The SMILES string of the molecule is C[C@@H](CNC(=O)/C=C/c1ccco1)c1ccccc1. The number of carbonyl (C=O) groups is 1. The molecule has 98 valence electrons. The monoisotopic (exact) mass is 255 g/mol. The van der Waals surface area contributed by atoms with Gasteiger partial charge in [0.2, 0.25) is 5.91 Å². The Labute approximate surface area is 112 Å². The standard InChI is InChI=1S/C16H17NO2/c1-13(14-6-3-2-4-7-14)12-17-16(18)10-9-15-8-5-11-19-15/h2-11,13H,12H2,1H3,(H,17,18)/b10-9+/t13-/m0/s1. The molecule has 0 spiro atoms. The van der Waals surface area contributed by atoms with E-state index in [0.717, 1.165) is 0 Å². The third-order valence-corrected chi connectivity index (χ3v) is 2.89. The zero-order valence-electron chi connectivity index (χ0n) is 10.9. The molecule has 0 bridgehead atoms. The fourth-order valence-electron chi connectivity index (χ4n) is 1.76. The first-order valence-electron chi connectivity index (χ1n) is 6.30. The normalized spacial score (nSPS) is 12.5. The molecule has 1 aromatic carbocycles. The van der Waals surface area contributed by atoms with Gasteiger partial charge in [-0.3, -0.25) is 4.79 Å². The highest BCUT2D eigenvalue weighted by Crippen LogP contribution is 2.12. The number of amides is 1. The average Bonchev–Trinajstić information content (AvgIpc) is 2.96. The Morgan fingerprint density at radius 2 is 2.05 bits per heavy atom. The summed E-state index contributed by atoms with van der Waals surface area (Å²) in [5.74, 6) is 0.854. The minimum atomic E-state index is -0.112. The van der Waals surface area contributed by atoms with E-state index < -0.39 is 0 Å². The quantitative estimate of drug-likeness (QED) is 0.833. The van der Waals surface area contributed by atoms with Gasteiger partial charge in [0.05, 0.1) is 6.26 Å². The van der Waals surface area contributed by atoms with Crippen LogP contribution in [0.5, 0.6) is 0 Å². The van der Waals surface area contributed by atoms with Gasteiger partial charge < -0.3 is 9.73 Å². The molecule has 0 aliphatic carbocycles. The molecule has 3 nitrogen and oxygen atoms in total. The first kappa shape index (κ1) is 13.1. The predicted octanol–water partition coefficient (Wildman–Crippen LogP) is 3.21. The number of furan rings is 1. The van der Waals surface area contributed by atoms with Crippen molar-refractivity contribution in [3.8, 4) is 0 Å². The van der Waals surface area contributed by atoms with Gasteiger partial charge >= 0.3 is 0 Å². The van der Waals surface area contributed by atoms with Crippen LogP contribution in [0.3, 0.4) is 0 Å². The molecule has 2 aromatic rings. The van der Waals surface area contributed by atoms with Crippen LogP contribution in [-0.4, -0.2) is 12.5 Å². The van der Waals surface area contributed by atoms with E-state index in [2.05, 4.69) is 24.4 Å². The Hall–Kier alpha value is -2.29. The lowest BCUT2D eigenvalue weighted by molar-refractivity contribution is -0.116. The van der Waals surface area contributed by atoms with Gasteiger partial charge in [-0.2, -0.15) is 0 Å². The van der Waals surface area contributed by atoms with E-state index in [1.165, 1.54) is 11.6 Å². The molecule has 1 amide bonds. The number of carbonyl (C=O) groups excluding carboxylic acids is 1. The number of rotatable bonds is 5. The lowest BCUT2D eigenvalue weighted by atomic mass is 10.0. The molecule has 0 saturated carbocycles. The molecule has 0 unspecified atom stereocenters. The molecular weight excluding hydrogens is 238 g/mol. The smallest absolute Gasteiger partial charge is 0.244 e. The number of nitrogens with one attached hydrogen (secondary N) is 1. The number of hydrogen-bond acceptors (Lipinski definition) is 2. The van der Waals surface area contributed by atoms with Crippen LogP contribution in [0.1, 0.15) is 24.2 Å². The largest absolute Gasteiger partial charge is 0.465 e. The van der Waals surface area contributed by atoms with E-state index >= 15 is 0 Å². The lowest BCUT2D eigenvalue weighted by Crippen LogP contribution is -2.25. The van der Waals surface area contributed by atoms with Crippen molar-refractivity contribution < 1.29 is 9.21 Å². The van der Waals surface area contributed by atoms with Crippen LogP contribution in [0.25, 0.3) is 6.08 Å². The van der Waals surface area contributed by atoms with Crippen LogP contribution in [-0.2, 0) is 4.79 Å². The van der Waals surface area contributed by atoms with Crippen molar-refractivity contribution in [2.45, 2.75) is 12.8 Å². The first-order valence-corrected chi connectivity index (χ1v) is 6.30. The molecule has 0 saturated heterocycles. The van der Waals surface area contributed by atoms with E-state index in [-0.39, 0.29) is 5.91 Å². The van der Waals surface area contributed by atoms with Gasteiger partial charge in [0.15, 0.2) is 0 Å². The van der Waals surface area contributed by atoms with Crippen LogP contribution in [0.4, 0.5) is 0 Å². The fourth-order valence-corrected chi connectivity index (χ4v) is 1.76. The van der Waals surface area contributed by atoms with E-state index in [0.29, 0.717) is 18.2 Å². The predicted molar refractivity (Wildman–Crippen MR) is 75.6 cm³/mol. The van der Waals surface area contributed by atoms with Crippen molar-refractivity contribution in [3.63, 3.8) is 0 Å². The van der Waals surface area contributed by atoms with Gasteiger partial charge in [-0.25, -0.2) is 0 Å². The maximum Gasteiger partial charge on any atom is 0.244 e. The fraction of sp³-hybridized carbons (Fsp3) is 0.188. The Morgan fingerprint density at radius 1 is 1.26 bits per heavy atom. The van der Waals surface area contributed by atoms with Gasteiger partial charge in [-0.05, 0) is 29.7 Å². The zero-order chi connectivity index (χ0) is 13.5. The van der Waals surface area contributed by atoms with Crippen LogP contribution >= 0.6 is 0 Å². The number of benzene rings is 1. The number of hydrogen-bond donors (Lipinski definition) is 1. The molecule has 0 fully saturated rings. The van der Waals surface area contributed by atoms with Crippen LogP contribution < -0.4 is 5.32 Å². The summed E-state index contributed by atoms with van der Waals surface area (Å²) in [6.07, 6.45) is 4.72. The molecule has 1 aromatic heterocycles. The van der Waals surface area contributed by atoms with Crippen molar-refractivity contribution in [1.82, 2.24) is 5.32 Å². The van der Waals surface area contributed by atoms with Crippen LogP contribution in [0, 0.1) is 0 Å². The summed E-state index contributed by atoms with van der Waals surface area (Å²) in [6.45, 7) is 2.71. The third kappa shape index (κ3) is 4.14. The highest BCUT2D eigenvalue weighted by Gasteiger charge is 2.05. The summed E-state index contributed by atoms with van der Waals surface area (Å²) in [5, 5.41) is 2.88. The Balaban J connectivity index is 1.81. The molecule has 0 radical (unpaired) electrons. The van der Waals surface area contributed by atoms with Gasteiger partial charge in [0.25, 0.3) is 0 Å². The summed E-state index contributed by atoms with van der Waals surface area (Å²) in [5.41, 5.74) is 1.22. The molecule has 3 heteroatoms. The summed E-state index contributed by atoms with van der Waals surface area (Å²) in [6, 6.07) is 13.7. The van der Waals surface area contributed by atoms with Crippen molar-refractivity contribution in [3.05, 3.63) is 66.1 Å². The maximum absolute atomic E-state index is 11.6. The van der Waals surface area contributed by atoms with Crippen molar-refractivity contribution in [2.24, 2.45) is 0 Å². The Bertz CT molecular complexity index is 529. The molecule has 1 atom stereocenters. The first-order chi connectivity index (χ1) is 9.25. The van der Waals surface area contributed by atoms with Gasteiger partial charge in [-0.15, -0.1) is 0 Å². The molecule has 1 heterocycles. The van der Waals surface area contributed by atoms with Gasteiger partial charge in [0.1, 0.15) is 5.76 Å². The molecule has 2 rings (SSSR count). The van der Waals surface area contributed by atoms with E-state index in [1.54, 1.807) is 24.5 Å². The highest BCUT2D eigenvalue weighted by atomic mass is 16.3. The van der Waals surface area contributed by atoms with Crippen LogP contribution in [0.2, 0.25) is 0 Å². The van der Waals surface area contributed by atoms with E-state index in [4.69, 9.17) is 4.42 Å². The Kier molecular flexibility index (Phi) is 4.56. The molecule has 0 aliphatic rings. The second-order valence-electron chi connectivity index (χ2n) is 4.41. The third-order valence-electron chi connectivity index (χ3n) is 2.89. The van der Waals surface area contributed by atoms with E-state index in [1.807, 2.05) is 18.2 Å². The van der Waals surface area contributed by atoms with Crippen LogP contribution in [0.15, 0.2) is 59.2 Å². The van der Waals surface area contributed by atoms with Gasteiger partial charge in [0, 0.05) is 12.6 Å². The van der Waals surface area contributed by atoms with Crippen molar-refractivity contribution in [1.29, 1.82) is 0 Å². The topological polar surface area (TPSA) is 42.2 Å². The molecule has 0 aliphatic heterocycles. The summed E-state index contributed by atoms with van der Waals surface area (Å²) in [4.78, 5) is 11.6. The van der Waals surface area contributed by atoms with Crippen molar-refractivity contribution >= 4 is 12.0 Å².